The summed E-state index contributed by atoms with van der Waals surface area (Å²) in [4.78, 5) is 36.7. The Morgan fingerprint density at radius 1 is 1.52 bits per heavy atom. The van der Waals surface area contributed by atoms with Crippen molar-refractivity contribution < 1.29 is 23.5 Å². The normalized spacial score (nSPS) is 16.9. The van der Waals surface area contributed by atoms with Crippen LogP contribution in [0.15, 0.2) is 22.8 Å². The lowest BCUT2D eigenvalue weighted by Crippen LogP contribution is -2.31. The van der Waals surface area contributed by atoms with Crippen molar-refractivity contribution in [2.75, 3.05) is 19.7 Å². The molecule has 0 radical (unpaired) electrons. The van der Waals surface area contributed by atoms with Crippen molar-refractivity contribution in [3.8, 4) is 6.07 Å². The average Bonchev–Trinajstić information content (AvgIpc) is 3.16. The molecule has 1 saturated heterocycles. The Hall–Kier alpha value is -2.82. The molecule has 0 unspecified atom stereocenters. The van der Waals surface area contributed by atoms with Gasteiger partial charge in [0.1, 0.15) is 5.76 Å². The van der Waals surface area contributed by atoms with Gasteiger partial charge in [0.15, 0.2) is 6.61 Å². The molecule has 0 spiro atoms. The van der Waals surface area contributed by atoms with Gasteiger partial charge in [-0.15, -0.1) is 0 Å². The van der Waals surface area contributed by atoms with E-state index in [0.717, 1.165) is 0 Å². The highest BCUT2D eigenvalue weighted by Gasteiger charge is 2.35. The fraction of sp³-hybridized carbons (Fsp3) is 0.467. The number of nitrogens with one attached hydrogen (secondary N) is 1. The SMILES string of the molecule is N#CCCNC(=O)COC(=O)[C@H]1CC(=O)N(Cc2ccco2)C1. The van der Waals surface area contributed by atoms with Gasteiger partial charge in [0.2, 0.25) is 5.91 Å². The summed E-state index contributed by atoms with van der Waals surface area (Å²) >= 11 is 0. The molecular weight excluding hydrogens is 302 g/mol. The van der Waals surface area contributed by atoms with Crippen molar-refractivity contribution in [2.45, 2.75) is 19.4 Å². The fourth-order valence-corrected chi connectivity index (χ4v) is 2.24. The second-order valence-electron chi connectivity index (χ2n) is 5.12. The fourth-order valence-electron chi connectivity index (χ4n) is 2.24. The first-order valence-corrected chi connectivity index (χ1v) is 7.20. The third-order valence-corrected chi connectivity index (χ3v) is 3.38. The number of amides is 2. The average molecular weight is 319 g/mol. The Kier molecular flexibility index (Phi) is 5.74. The molecule has 1 aliphatic rings. The van der Waals surface area contributed by atoms with Crippen LogP contribution in [-0.4, -0.2) is 42.4 Å². The zero-order valence-electron chi connectivity index (χ0n) is 12.5. The third kappa shape index (κ3) is 4.85. The van der Waals surface area contributed by atoms with Crippen LogP contribution in [0.5, 0.6) is 0 Å². The van der Waals surface area contributed by atoms with Crippen molar-refractivity contribution in [1.82, 2.24) is 10.2 Å². The number of ether oxygens (including phenoxy) is 1. The van der Waals surface area contributed by atoms with Gasteiger partial charge in [0.25, 0.3) is 5.91 Å². The Bertz CT molecular complexity index is 605. The number of nitrogens with zero attached hydrogens (tertiary/aromatic N) is 2. The van der Waals surface area contributed by atoms with E-state index in [1.165, 1.54) is 11.2 Å². The van der Waals surface area contributed by atoms with E-state index >= 15 is 0 Å². The quantitative estimate of drug-likeness (QED) is 0.567. The van der Waals surface area contributed by atoms with Crippen molar-refractivity contribution >= 4 is 17.8 Å². The lowest BCUT2D eigenvalue weighted by atomic mass is 10.1. The number of likely N-dealkylation sites (tertiary alicyclic amines) is 1. The maximum atomic E-state index is 11.9. The molecule has 1 aliphatic heterocycles. The highest BCUT2D eigenvalue weighted by molar-refractivity contribution is 5.88. The molecule has 1 fully saturated rings. The Morgan fingerprint density at radius 2 is 2.35 bits per heavy atom. The van der Waals surface area contributed by atoms with Gasteiger partial charge in [-0.25, -0.2) is 0 Å². The van der Waals surface area contributed by atoms with E-state index < -0.39 is 24.4 Å². The summed E-state index contributed by atoms with van der Waals surface area (Å²) in [5, 5.41) is 10.8. The lowest BCUT2D eigenvalue weighted by Gasteiger charge is -2.14. The number of carbonyl (C=O) groups excluding carboxylic acids is 3. The van der Waals surface area contributed by atoms with Crippen molar-refractivity contribution in [3.63, 3.8) is 0 Å². The van der Waals surface area contributed by atoms with E-state index in [4.69, 9.17) is 14.4 Å². The summed E-state index contributed by atoms with van der Waals surface area (Å²) < 4.78 is 10.1. The van der Waals surface area contributed by atoms with Gasteiger partial charge in [0, 0.05) is 19.5 Å². The minimum atomic E-state index is -0.579. The maximum Gasteiger partial charge on any atom is 0.311 e. The van der Waals surface area contributed by atoms with E-state index in [0.29, 0.717) is 12.3 Å². The molecule has 1 aromatic rings. The van der Waals surface area contributed by atoms with Crippen LogP contribution in [-0.2, 0) is 25.7 Å². The predicted octanol–water partition coefficient (Wildman–Crippen LogP) is 0.201. The zero-order valence-corrected chi connectivity index (χ0v) is 12.5. The maximum absolute atomic E-state index is 11.9. The monoisotopic (exact) mass is 319 g/mol. The van der Waals surface area contributed by atoms with Crippen LogP contribution >= 0.6 is 0 Å². The lowest BCUT2D eigenvalue weighted by molar-refractivity contribution is -0.152. The number of carbonyl (C=O) groups is 3. The molecule has 122 valence electrons. The van der Waals surface area contributed by atoms with Crippen LogP contribution in [0.4, 0.5) is 0 Å². The van der Waals surface area contributed by atoms with E-state index in [1.807, 2.05) is 6.07 Å². The van der Waals surface area contributed by atoms with E-state index in [1.54, 1.807) is 12.1 Å². The Balaban J connectivity index is 1.74. The number of hydrogen-bond acceptors (Lipinski definition) is 6. The van der Waals surface area contributed by atoms with Crippen LogP contribution in [0.3, 0.4) is 0 Å². The molecular formula is C15H17N3O5. The second kappa shape index (κ2) is 7.98. The minimum Gasteiger partial charge on any atom is -0.467 e. The van der Waals surface area contributed by atoms with Gasteiger partial charge >= 0.3 is 5.97 Å². The minimum absolute atomic E-state index is 0.0651. The molecule has 8 nitrogen and oxygen atoms in total. The molecule has 2 amide bonds. The van der Waals surface area contributed by atoms with Crippen molar-refractivity contribution in [1.29, 1.82) is 5.26 Å². The van der Waals surface area contributed by atoms with Crippen LogP contribution in [0.2, 0.25) is 0 Å². The summed E-state index contributed by atoms with van der Waals surface area (Å²) in [7, 11) is 0. The predicted molar refractivity (Wildman–Crippen MR) is 76.4 cm³/mol. The van der Waals surface area contributed by atoms with E-state index in [9.17, 15) is 14.4 Å². The largest absolute Gasteiger partial charge is 0.467 e. The molecule has 0 saturated carbocycles. The van der Waals surface area contributed by atoms with Gasteiger partial charge < -0.3 is 19.4 Å². The molecule has 2 rings (SSSR count). The van der Waals surface area contributed by atoms with Gasteiger partial charge in [-0.3, -0.25) is 14.4 Å². The molecule has 23 heavy (non-hydrogen) atoms. The van der Waals surface area contributed by atoms with Crippen LogP contribution in [0.1, 0.15) is 18.6 Å². The number of furan rings is 1. The molecule has 0 aliphatic carbocycles. The number of esters is 1. The summed E-state index contributed by atoms with van der Waals surface area (Å²) in [6, 6.07) is 5.37. The topological polar surface area (TPSA) is 113 Å². The highest BCUT2D eigenvalue weighted by Crippen LogP contribution is 2.21. The Morgan fingerprint density at radius 3 is 3.04 bits per heavy atom. The summed E-state index contributed by atoms with van der Waals surface area (Å²) in [5.41, 5.74) is 0. The summed E-state index contributed by atoms with van der Waals surface area (Å²) in [5.74, 6) is -1.13. The summed E-state index contributed by atoms with van der Waals surface area (Å²) in [6.45, 7) is 0.359. The molecule has 2 heterocycles. The van der Waals surface area contributed by atoms with Gasteiger partial charge in [0.05, 0.1) is 31.2 Å². The van der Waals surface area contributed by atoms with Crippen molar-refractivity contribution in [2.24, 2.45) is 5.92 Å². The molecule has 1 aromatic heterocycles. The van der Waals surface area contributed by atoms with Gasteiger partial charge in [-0.2, -0.15) is 5.26 Å². The first-order valence-electron chi connectivity index (χ1n) is 7.20. The molecule has 0 bridgehead atoms. The highest BCUT2D eigenvalue weighted by atomic mass is 16.5. The molecule has 0 aromatic carbocycles. The number of hydrogen-bond donors (Lipinski definition) is 1. The Labute approximate surface area is 133 Å². The van der Waals surface area contributed by atoms with E-state index in [2.05, 4.69) is 5.32 Å². The van der Waals surface area contributed by atoms with Crippen LogP contribution < -0.4 is 5.32 Å². The van der Waals surface area contributed by atoms with Crippen molar-refractivity contribution in [3.05, 3.63) is 24.2 Å². The third-order valence-electron chi connectivity index (χ3n) is 3.38. The first kappa shape index (κ1) is 16.5. The van der Waals surface area contributed by atoms with Crippen LogP contribution in [0, 0.1) is 17.2 Å². The van der Waals surface area contributed by atoms with Gasteiger partial charge in [-0.1, -0.05) is 0 Å². The van der Waals surface area contributed by atoms with Crippen LogP contribution in [0.25, 0.3) is 0 Å². The number of rotatable bonds is 7. The zero-order chi connectivity index (χ0) is 16.7. The second-order valence-corrected chi connectivity index (χ2v) is 5.12. The molecule has 8 heteroatoms. The molecule has 1 atom stereocenters. The van der Waals surface area contributed by atoms with E-state index in [-0.39, 0.29) is 31.8 Å². The molecule has 1 N–H and O–H groups in total. The summed E-state index contributed by atoms with van der Waals surface area (Å²) in [6.07, 6.45) is 1.78. The number of nitriles is 1. The standard InChI is InChI=1S/C15H17N3O5/c16-4-2-5-17-13(19)10-23-15(21)11-7-14(20)18(8-11)9-12-3-1-6-22-12/h1,3,6,11H,2,5,7-10H2,(H,17,19)/t11-/m0/s1. The first-order chi connectivity index (χ1) is 11.1. The van der Waals surface area contributed by atoms with Gasteiger partial charge in [-0.05, 0) is 12.1 Å². The smallest absolute Gasteiger partial charge is 0.311 e.